The summed E-state index contributed by atoms with van der Waals surface area (Å²) in [5, 5.41) is 6.41. The highest BCUT2D eigenvalue weighted by Gasteiger charge is 2.28. The SMILES string of the molecule is Cc1cccc(C(=O)N2CCC(Nc3ccccc3)C2)c1NC(=O)c1ccncc1. The minimum Gasteiger partial charge on any atom is -0.380 e. The van der Waals surface area contributed by atoms with Gasteiger partial charge >= 0.3 is 0 Å². The van der Waals surface area contributed by atoms with E-state index in [0.29, 0.717) is 29.9 Å². The highest BCUT2D eigenvalue weighted by molar-refractivity contribution is 6.09. The first-order valence-corrected chi connectivity index (χ1v) is 10.0. The molecular weight excluding hydrogens is 376 g/mol. The molecule has 2 aromatic carbocycles. The number of likely N-dealkylation sites (tertiary alicyclic amines) is 1. The average Bonchev–Trinajstić information content (AvgIpc) is 3.24. The maximum Gasteiger partial charge on any atom is 0.256 e. The van der Waals surface area contributed by atoms with E-state index >= 15 is 0 Å². The molecule has 3 aromatic rings. The second-order valence-corrected chi connectivity index (χ2v) is 7.43. The molecule has 2 N–H and O–H groups in total. The van der Waals surface area contributed by atoms with Crippen molar-refractivity contribution in [1.29, 1.82) is 0 Å². The summed E-state index contributed by atoms with van der Waals surface area (Å²) in [4.78, 5) is 31.7. The Balaban J connectivity index is 1.49. The Bertz CT molecular complexity index is 1040. The molecule has 2 heterocycles. The van der Waals surface area contributed by atoms with E-state index in [2.05, 4.69) is 15.6 Å². The largest absolute Gasteiger partial charge is 0.380 e. The Hall–Kier alpha value is -3.67. The van der Waals surface area contributed by atoms with Crippen molar-refractivity contribution in [1.82, 2.24) is 9.88 Å². The Kier molecular flexibility index (Phi) is 5.75. The van der Waals surface area contributed by atoms with Gasteiger partial charge in [-0.15, -0.1) is 0 Å². The first kappa shape index (κ1) is 19.6. The predicted octanol–water partition coefficient (Wildman–Crippen LogP) is 3.97. The number of para-hydroxylation sites is 2. The van der Waals surface area contributed by atoms with Crippen LogP contribution in [0.5, 0.6) is 0 Å². The van der Waals surface area contributed by atoms with Gasteiger partial charge in [0.2, 0.25) is 0 Å². The normalized spacial score (nSPS) is 15.6. The van der Waals surface area contributed by atoms with E-state index in [4.69, 9.17) is 0 Å². The highest BCUT2D eigenvalue weighted by atomic mass is 16.2. The molecule has 0 radical (unpaired) electrons. The lowest BCUT2D eigenvalue weighted by molar-refractivity contribution is 0.0792. The van der Waals surface area contributed by atoms with Gasteiger partial charge in [-0.25, -0.2) is 0 Å². The fourth-order valence-electron chi connectivity index (χ4n) is 3.70. The van der Waals surface area contributed by atoms with Crippen LogP contribution in [0.4, 0.5) is 11.4 Å². The molecule has 1 saturated heterocycles. The summed E-state index contributed by atoms with van der Waals surface area (Å²) in [6.45, 7) is 3.19. The minimum absolute atomic E-state index is 0.0684. The number of anilines is 2. The van der Waals surface area contributed by atoms with Gasteiger partial charge in [0.25, 0.3) is 11.8 Å². The van der Waals surface area contributed by atoms with E-state index in [1.54, 1.807) is 30.6 Å². The van der Waals surface area contributed by atoms with Crippen LogP contribution >= 0.6 is 0 Å². The van der Waals surface area contributed by atoms with Gasteiger partial charge in [0.05, 0.1) is 11.3 Å². The van der Waals surface area contributed by atoms with Crippen molar-refractivity contribution >= 4 is 23.2 Å². The maximum atomic E-state index is 13.3. The van der Waals surface area contributed by atoms with Crippen molar-refractivity contribution in [3.8, 4) is 0 Å². The zero-order valence-electron chi connectivity index (χ0n) is 16.8. The number of amides is 2. The Morgan fingerprint density at radius 3 is 2.53 bits per heavy atom. The molecular formula is C24H24N4O2. The van der Waals surface area contributed by atoms with Crippen molar-refractivity contribution in [2.75, 3.05) is 23.7 Å². The fourth-order valence-corrected chi connectivity index (χ4v) is 3.70. The maximum absolute atomic E-state index is 13.3. The van der Waals surface area contributed by atoms with E-state index < -0.39 is 0 Å². The average molecular weight is 400 g/mol. The number of carbonyl (C=O) groups excluding carboxylic acids is 2. The molecule has 1 aliphatic heterocycles. The zero-order chi connectivity index (χ0) is 20.9. The lowest BCUT2D eigenvalue weighted by Crippen LogP contribution is -2.32. The van der Waals surface area contributed by atoms with Crippen LogP contribution in [-0.4, -0.2) is 40.8 Å². The van der Waals surface area contributed by atoms with Gasteiger partial charge in [-0.1, -0.05) is 30.3 Å². The van der Waals surface area contributed by atoms with Gasteiger partial charge in [0.15, 0.2) is 0 Å². The van der Waals surface area contributed by atoms with Crippen LogP contribution in [0.1, 0.15) is 32.7 Å². The van der Waals surface area contributed by atoms with Crippen molar-refractivity contribution < 1.29 is 9.59 Å². The lowest BCUT2D eigenvalue weighted by atomic mass is 10.1. The summed E-state index contributed by atoms with van der Waals surface area (Å²) in [5.74, 6) is -0.327. The van der Waals surface area contributed by atoms with Crippen molar-refractivity contribution in [2.45, 2.75) is 19.4 Å². The first-order chi connectivity index (χ1) is 14.6. The Morgan fingerprint density at radius 2 is 1.77 bits per heavy atom. The van der Waals surface area contributed by atoms with Crippen LogP contribution in [0.15, 0.2) is 73.1 Å². The van der Waals surface area contributed by atoms with E-state index in [1.807, 2.05) is 54.3 Å². The van der Waals surface area contributed by atoms with Gasteiger partial charge in [0, 0.05) is 42.8 Å². The Labute approximate surface area is 175 Å². The van der Waals surface area contributed by atoms with Crippen LogP contribution in [0.3, 0.4) is 0 Å². The monoisotopic (exact) mass is 400 g/mol. The van der Waals surface area contributed by atoms with E-state index in [-0.39, 0.29) is 17.9 Å². The molecule has 1 fully saturated rings. The minimum atomic E-state index is -0.259. The molecule has 0 saturated carbocycles. The van der Waals surface area contributed by atoms with E-state index in [1.165, 1.54) is 0 Å². The highest BCUT2D eigenvalue weighted by Crippen LogP contribution is 2.25. The fraction of sp³-hybridized carbons (Fsp3) is 0.208. The van der Waals surface area contributed by atoms with Gasteiger partial charge < -0.3 is 15.5 Å². The quantitative estimate of drug-likeness (QED) is 0.680. The van der Waals surface area contributed by atoms with Gasteiger partial charge in [-0.3, -0.25) is 14.6 Å². The third kappa shape index (κ3) is 4.33. The number of pyridine rings is 1. The molecule has 0 aliphatic carbocycles. The number of hydrogen-bond donors (Lipinski definition) is 2. The first-order valence-electron chi connectivity index (χ1n) is 10.0. The smallest absolute Gasteiger partial charge is 0.256 e. The summed E-state index contributed by atoms with van der Waals surface area (Å²) in [7, 11) is 0. The molecule has 6 heteroatoms. The van der Waals surface area contributed by atoms with Gasteiger partial charge in [-0.2, -0.15) is 0 Å². The van der Waals surface area contributed by atoms with Crippen LogP contribution in [-0.2, 0) is 0 Å². The molecule has 1 aromatic heterocycles. The van der Waals surface area contributed by atoms with E-state index in [0.717, 1.165) is 17.7 Å². The number of hydrogen-bond acceptors (Lipinski definition) is 4. The number of nitrogens with one attached hydrogen (secondary N) is 2. The Morgan fingerprint density at radius 1 is 1.00 bits per heavy atom. The number of nitrogens with zero attached hydrogens (tertiary/aromatic N) is 2. The molecule has 1 aliphatic rings. The third-order valence-corrected chi connectivity index (χ3v) is 5.30. The van der Waals surface area contributed by atoms with E-state index in [9.17, 15) is 9.59 Å². The standard InChI is InChI=1S/C24H24N4O2/c1-17-6-5-9-21(22(17)27-23(29)18-10-13-25-14-11-18)24(30)28-15-12-20(16-28)26-19-7-3-2-4-8-19/h2-11,13-14,20,26H,12,15-16H2,1H3,(H,27,29). The molecule has 4 rings (SSSR count). The topological polar surface area (TPSA) is 74.3 Å². The second kappa shape index (κ2) is 8.78. The van der Waals surface area contributed by atoms with Crippen LogP contribution in [0, 0.1) is 6.92 Å². The molecule has 1 unspecified atom stereocenters. The summed E-state index contributed by atoms with van der Waals surface area (Å²) < 4.78 is 0. The molecule has 152 valence electrons. The molecule has 30 heavy (non-hydrogen) atoms. The molecule has 1 atom stereocenters. The second-order valence-electron chi connectivity index (χ2n) is 7.43. The van der Waals surface area contributed by atoms with Crippen molar-refractivity contribution in [3.63, 3.8) is 0 Å². The van der Waals surface area contributed by atoms with Crippen LogP contribution in [0.25, 0.3) is 0 Å². The zero-order valence-corrected chi connectivity index (χ0v) is 16.8. The lowest BCUT2D eigenvalue weighted by Gasteiger charge is -2.20. The van der Waals surface area contributed by atoms with Crippen molar-refractivity contribution in [2.24, 2.45) is 0 Å². The molecule has 2 amide bonds. The van der Waals surface area contributed by atoms with Gasteiger partial charge in [0.1, 0.15) is 0 Å². The summed E-state index contributed by atoms with van der Waals surface area (Å²) in [6.07, 6.45) is 4.02. The molecule has 6 nitrogen and oxygen atoms in total. The number of rotatable bonds is 5. The predicted molar refractivity (Wildman–Crippen MR) is 118 cm³/mol. The third-order valence-electron chi connectivity index (χ3n) is 5.30. The molecule has 0 bridgehead atoms. The number of carbonyl (C=O) groups is 2. The number of aryl methyl sites for hydroxylation is 1. The number of benzene rings is 2. The summed E-state index contributed by atoms with van der Waals surface area (Å²) in [6, 6.07) is 19.0. The van der Waals surface area contributed by atoms with Crippen LogP contribution in [0.2, 0.25) is 0 Å². The molecule has 0 spiro atoms. The summed E-state index contributed by atoms with van der Waals surface area (Å²) >= 11 is 0. The van der Waals surface area contributed by atoms with Crippen molar-refractivity contribution in [3.05, 3.63) is 89.7 Å². The summed E-state index contributed by atoms with van der Waals surface area (Å²) in [5.41, 5.74) is 3.47. The van der Waals surface area contributed by atoms with Gasteiger partial charge in [-0.05, 0) is 49.2 Å². The number of aromatic nitrogens is 1. The van der Waals surface area contributed by atoms with Crippen LogP contribution < -0.4 is 10.6 Å².